The van der Waals surface area contributed by atoms with Gasteiger partial charge in [0.25, 0.3) is 11.6 Å². The second-order valence-corrected chi connectivity index (χ2v) is 9.43. The molecule has 0 aliphatic carbocycles. The number of nitro groups is 1. The highest BCUT2D eigenvalue weighted by Gasteiger charge is 2.24. The molecule has 0 atom stereocenters. The Hall–Kier alpha value is -3.40. The van der Waals surface area contributed by atoms with E-state index in [2.05, 4.69) is 9.97 Å². The van der Waals surface area contributed by atoms with Crippen molar-refractivity contribution in [3.8, 4) is 0 Å². The van der Waals surface area contributed by atoms with Crippen LogP contribution in [0, 0.1) is 10.1 Å². The van der Waals surface area contributed by atoms with Crippen LogP contribution in [0.1, 0.15) is 15.2 Å². The van der Waals surface area contributed by atoms with E-state index in [-0.39, 0.29) is 18.1 Å². The van der Waals surface area contributed by atoms with Crippen molar-refractivity contribution in [2.45, 2.75) is 6.54 Å². The molecule has 158 valence electrons. The highest BCUT2D eigenvalue weighted by molar-refractivity contribution is 7.23. The number of thiazole rings is 1. The van der Waals surface area contributed by atoms with E-state index < -0.39 is 4.92 Å². The van der Waals surface area contributed by atoms with Crippen LogP contribution in [-0.4, -0.2) is 20.8 Å². The largest absolute Gasteiger partial charge is 0.279 e. The summed E-state index contributed by atoms with van der Waals surface area (Å²) in [5, 5.41) is 12.8. The van der Waals surface area contributed by atoms with Gasteiger partial charge in [0.05, 0.1) is 26.1 Å². The normalized spacial score (nSPS) is 11.2. The Balaban J connectivity index is 1.59. The van der Waals surface area contributed by atoms with Gasteiger partial charge in [-0.2, -0.15) is 0 Å². The van der Waals surface area contributed by atoms with Gasteiger partial charge in [-0.3, -0.25) is 24.8 Å². The predicted octanol–water partition coefficient (Wildman–Crippen LogP) is 6.31. The van der Waals surface area contributed by atoms with Crippen LogP contribution in [0.15, 0.2) is 67.0 Å². The number of carbonyl (C=O) groups excluding carboxylic acids is 1. The number of anilines is 1. The molecule has 0 bridgehead atoms. The van der Waals surface area contributed by atoms with E-state index in [9.17, 15) is 14.9 Å². The van der Waals surface area contributed by atoms with E-state index >= 15 is 0 Å². The Morgan fingerprint density at radius 2 is 1.97 bits per heavy atom. The number of para-hydroxylation sites is 1. The van der Waals surface area contributed by atoms with Gasteiger partial charge < -0.3 is 0 Å². The van der Waals surface area contributed by atoms with Crippen LogP contribution in [0.2, 0.25) is 5.02 Å². The summed E-state index contributed by atoms with van der Waals surface area (Å²) in [6, 6.07) is 15.5. The number of nitro benzene ring substituents is 1. The maximum atomic E-state index is 13.6. The minimum Gasteiger partial charge on any atom is -0.279 e. The lowest BCUT2D eigenvalue weighted by Crippen LogP contribution is -2.29. The lowest BCUT2D eigenvalue weighted by atomic mass is 10.2. The van der Waals surface area contributed by atoms with Gasteiger partial charge in [0.1, 0.15) is 5.52 Å². The number of amides is 1. The maximum Gasteiger partial charge on any atom is 0.270 e. The number of thiophene rings is 1. The molecule has 10 heteroatoms. The highest BCUT2D eigenvalue weighted by atomic mass is 35.5. The molecule has 3 heterocycles. The maximum absolute atomic E-state index is 13.6. The first-order valence-corrected chi connectivity index (χ1v) is 11.4. The summed E-state index contributed by atoms with van der Waals surface area (Å²) >= 11 is 8.97. The fraction of sp³-hybridized carbons (Fsp3) is 0.0455. The summed E-state index contributed by atoms with van der Waals surface area (Å²) in [5.74, 6) is -0.243. The summed E-state index contributed by atoms with van der Waals surface area (Å²) in [7, 11) is 0. The van der Waals surface area contributed by atoms with E-state index in [0.717, 1.165) is 15.0 Å². The van der Waals surface area contributed by atoms with Crippen molar-refractivity contribution in [3.05, 3.63) is 92.6 Å². The summed E-state index contributed by atoms with van der Waals surface area (Å²) < 4.78 is 1.68. The van der Waals surface area contributed by atoms with Crippen LogP contribution < -0.4 is 4.90 Å². The molecule has 0 radical (unpaired) electrons. The number of carbonyl (C=O) groups is 1. The van der Waals surface area contributed by atoms with Crippen molar-refractivity contribution in [2.75, 3.05) is 4.90 Å². The van der Waals surface area contributed by atoms with Gasteiger partial charge in [-0.05, 0) is 35.9 Å². The van der Waals surface area contributed by atoms with Crippen molar-refractivity contribution in [3.63, 3.8) is 0 Å². The van der Waals surface area contributed by atoms with E-state index in [1.807, 2.05) is 24.3 Å². The monoisotopic (exact) mass is 480 g/mol. The number of benzene rings is 2. The van der Waals surface area contributed by atoms with Gasteiger partial charge in [-0.15, -0.1) is 11.3 Å². The Bertz CT molecular complexity index is 1480. The number of aromatic nitrogens is 2. The molecule has 0 unspecified atom stereocenters. The SMILES string of the molecule is O=C(c1cc2cc([N+](=O)[O-])ccc2s1)N(Cc1cccnc1)c1nc2c(Cl)cccc2s1. The minimum absolute atomic E-state index is 0.0117. The first-order valence-electron chi connectivity index (χ1n) is 9.43. The number of fused-ring (bicyclic) bond motifs is 2. The average molecular weight is 481 g/mol. The van der Waals surface area contributed by atoms with E-state index in [1.165, 1.54) is 34.8 Å². The Labute approximate surface area is 194 Å². The molecule has 0 saturated heterocycles. The topological polar surface area (TPSA) is 89.2 Å². The molecular formula is C22H13ClN4O3S2. The highest BCUT2D eigenvalue weighted by Crippen LogP contribution is 2.36. The third-order valence-corrected chi connectivity index (χ3v) is 7.27. The number of non-ortho nitro benzene ring substituents is 1. The fourth-order valence-electron chi connectivity index (χ4n) is 3.30. The number of hydrogen-bond donors (Lipinski definition) is 0. The van der Waals surface area contributed by atoms with Crippen LogP contribution in [0.3, 0.4) is 0 Å². The van der Waals surface area contributed by atoms with Gasteiger partial charge in [0, 0.05) is 34.6 Å². The molecule has 32 heavy (non-hydrogen) atoms. The Morgan fingerprint density at radius 3 is 2.72 bits per heavy atom. The molecule has 0 fully saturated rings. The van der Waals surface area contributed by atoms with Gasteiger partial charge in [0.2, 0.25) is 0 Å². The van der Waals surface area contributed by atoms with Gasteiger partial charge in [0.15, 0.2) is 5.13 Å². The van der Waals surface area contributed by atoms with Crippen molar-refractivity contribution in [1.82, 2.24) is 9.97 Å². The summed E-state index contributed by atoms with van der Waals surface area (Å²) in [6.07, 6.45) is 3.38. The average Bonchev–Trinajstić information content (AvgIpc) is 3.42. The Morgan fingerprint density at radius 1 is 1.09 bits per heavy atom. The molecule has 1 amide bonds. The molecule has 0 spiro atoms. The molecule has 2 aromatic carbocycles. The molecule has 0 N–H and O–H groups in total. The Kier molecular flexibility index (Phi) is 5.30. The van der Waals surface area contributed by atoms with Crippen molar-refractivity contribution < 1.29 is 9.72 Å². The van der Waals surface area contributed by atoms with Gasteiger partial charge >= 0.3 is 0 Å². The number of halogens is 1. The van der Waals surface area contributed by atoms with Crippen LogP contribution in [0.5, 0.6) is 0 Å². The third kappa shape index (κ3) is 3.81. The second-order valence-electron chi connectivity index (χ2n) is 6.93. The summed E-state index contributed by atoms with van der Waals surface area (Å²) in [6.45, 7) is 0.276. The van der Waals surface area contributed by atoms with E-state index in [4.69, 9.17) is 11.6 Å². The number of hydrogen-bond acceptors (Lipinski definition) is 7. The number of pyridine rings is 1. The van der Waals surface area contributed by atoms with Crippen molar-refractivity contribution >= 4 is 71.3 Å². The van der Waals surface area contributed by atoms with Gasteiger partial charge in [-0.1, -0.05) is 35.1 Å². The smallest absolute Gasteiger partial charge is 0.270 e. The first-order chi connectivity index (χ1) is 15.5. The second kappa shape index (κ2) is 8.27. The molecule has 0 saturated carbocycles. The lowest BCUT2D eigenvalue weighted by Gasteiger charge is -2.19. The quantitative estimate of drug-likeness (QED) is 0.217. The van der Waals surface area contributed by atoms with Crippen molar-refractivity contribution in [1.29, 1.82) is 0 Å². The molecule has 0 aliphatic rings. The van der Waals surface area contributed by atoms with Crippen LogP contribution >= 0.6 is 34.3 Å². The number of rotatable bonds is 5. The zero-order valence-electron chi connectivity index (χ0n) is 16.3. The summed E-state index contributed by atoms with van der Waals surface area (Å²) in [4.78, 5) is 35.1. The van der Waals surface area contributed by atoms with E-state index in [1.54, 1.807) is 35.5 Å². The van der Waals surface area contributed by atoms with E-state index in [0.29, 0.717) is 25.9 Å². The zero-order chi connectivity index (χ0) is 22.2. The zero-order valence-corrected chi connectivity index (χ0v) is 18.7. The molecule has 5 rings (SSSR count). The minimum atomic E-state index is -0.446. The number of nitrogens with zero attached hydrogens (tertiary/aromatic N) is 4. The summed E-state index contributed by atoms with van der Waals surface area (Å²) in [5.41, 5.74) is 1.48. The van der Waals surface area contributed by atoms with Crippen LogP contribution in [-0.2, 0) is 6.54 Å². The van der Waals surface area contributed by atoms with Crippen LogP contribution in [0.4, 0.5) is 10.8 Å². The predicted molar refractivity (Wildman–Crippen MR) is 128 cm³/mol. The van der Waals surface area contributed by atoms with Crippen molar-refractivity contribution in [2.24, 2.45) is 0 Å². The van der Waals surface area contributed by atoms with Gasteiger partial charge in [-0.25, -0.2) is 4.98 Å². The molecule has 3 aromatic heterocycles. The molecular weight excluding hydrogens is 468 g/mol. The third-order valence-electron chi connectivity index (χ3n) is 4.82. The molecule has 0 aliphatic heterocycles. The lowest BCUT2D eigenvalue weighted by molar-refractivity contribution is -0.384. The molecule has 5 aromatic rings. The standard InChI is InChI=1S/C22H13ClN4O3S2/c23-16-4-1-5-18-20(16)25-22(32-18)26(12-13-3-2-8-24-11-13)21(28)19-10-14-9-15(27(29)30)6-7-17(14)31-19/h1-11H,12H2. The van der Waals surface area contributed by atoms with Crippen LogP contribution in [0.25, 0.3) is 20.3 Å². The molecule has 7 nitrogen and oxygen atoms in total. The first kappa shape index (κ1) is 20.5. The fourth-order valence-corrected chi connectivity index (χ4v) is 5.56.